The molecule has 24 heavy (non-hydrogen) atoms. The quantitative estimate of drug-likeness (QED) is 0.644. The van der Waals surface area contributed by atoms with Crippen molar-refractivity contribution in [2.45, 2.75) is 23.8 Å². The summed E-state index contributed by atoms with van der Waals surface area (Å²) in [5, 5.41) is 6.31. The third kappa shape index (κ3) is 3.16. The zero-order chi connectivity index (χ0) is 17.1. The molecule has 2 aromatic rings. The van der Waals surface area contributed by atoms with Gasteiger partial charge in [-0.2, -0.15) is 5.10 Å². The molecule has 0 aliphatic carbocycles. The van der Waals surface area contributed by atoms with E-state index in [4.69, 9.17) is 4.74 Å². The van der Waals surface area contributed by atoms with Gasteiger partial charge in [0.15, 0.2) is 5.16 Å². The number of H-pyrrole nitrogens is 1. The largest absolute Gasteiger partial charge is 0.462 e. The molecule has 0 spiro atoms. The van der Waals surface area contributed by atoms with Crippen LogP contribution >= 0.6 is 11.8 Å². The fourth-order valence-corrected chi connectivity index (χ4v) is 3.23. The van der Waals surface area contributed by atoms with Gasteiger partial charge in [-0.1, -0.05) is 11.8 Å². The molecule has 124 valence electrons. The van der Waals surface area contributed by atoms with Crippen molar-refractivity contribution in [2.75, 3.05) is 11.5 Å². The van der Waals surface area contributed by atoms with E-state index < -0.39 is 11.2 Å². The van der Waals surface area contributed by atoms with E-state index in [0.717, 1.165) is 4.90 Å². The summed E-state index contributed by atoms with van der Waals surface area (Å²) in [5.74, 6) is -1.05. The summed E-state index contributed by atoms with van der Waals surface area (Å²) in [6.45, 7) is 2.00. The second-order valence-electron chi connectivity index (χ2n) is 4.94. The number of aromatic nitrogens is 3. The molecule has 0 bridgehead atoms. The van der Waals surface area contributed by atoms with E-state index >= 15 is 0 Å². The monoisotopic (exact) mass is 346 g/mol. The van der Waals surface area contributed by atoms with E-state index in [1.165, 1.54) is 30.2 Å². The summed E-state index contributed by atoms with van der Waals surface area (Å²) in [6.07, 6.45) is 1.43. The molecule has 0 radical (unpaired) electrons. The average Bonchev–Trinajstić information content (AvgIpc) is 3.17. The van der Waals surface area contributed by atoms with Crippen LogP contribution in [-0.4, -0.2) is 44.8 Å². The molecule has 1 unspecified atom stereocenters. The van der Waals surface area contributed by atoms with Gasteiger partial charge in [-0.05, 0) is 31.2 Å². The molecule has 2 heterocycles. The first-order valence-corrected chi connectivity index (χ1v) is 8.14. The lowest BCUT2D eigenvalue weighted by Gasteiger charge is -2.15. The van der Waals surface area contributed by atoms with Gasteiger partial charge in [0.25, 0.3) is 0 Å². The zero-order valence-electron chi connectivity index (χ0n) is 12.8. The molecule has 1 atom stereocenters. The van der Waals surface area contributed by atoms with Crippen LogP contribution in [-0.2, 0) is 14.3 Å². The lowest BCUT2D eigenvalue weighted by molar-refractivity contribution is -0.121. The van der Waals surface area contributed by atoms with Crippen molar-refractivity contribution in [3.8, 4) is 0 Å². The standard InChI is InChI=1S/C15H14N4O4S/c1-2-23-14(22)9-3-5-10(6-4-9)19-12(20)7-11(13(19)21)24-15-16-8-17-18-15/h3-6,8,11H,2,7H2,1H3,(H,16,17,18). The topological polar surface area (TPSA) is 105 Å². The number of carbonyl (C=O) groups excluding carboxylic acids is 3. The highest BCUT2D eigenvalue weighted by atomic mass is 32.2. The fourth-order valence-electron chi connectivity index (χ4n) is 2.31. The molecule has 3 rings (SSSR count). The Bertz CT molecular complexity index is 760. The number of aromatic amines is 1. The van der Waals surface area contributed by atoms with Gasteiger partial charge in [0.05, 0.1) is 17.9 Å². The van der Waals surface area contributed by atoms with Crippen LogP contribution in [0.3, 0.4) is 0 Å². The Labute approximate surface area is 141 Å². The van der Waals surface area contributed by atoms with Crippen LogP contribution in [0.2, 0.25) is 0 Å². The number of hydrogen-bond donors (Lipinski definition) is 1. The van der Waals surface area contributed by atoms with Gasteiger partial charge in [0.1, 0.15) is 11.6 Å². The van der Waals surface area contributed by atoms with Crippen LogP contribution in [0, 0.1) is 0 Å². The van der Waals surface area contributed by atoms with Gasteiger partial charge >= 0.3 is 5.97 Å². The third-order valence-electron chi connectivity index (χ3n) is 3.39. The third-order valence-corrected chi connectivity index (χ3v) is 4.46. The summed E-state index contributed by atoms with van der Waals surface area (Å²) in [6, 6.07) is 6.18. The summed E-state index contributed by atoms with van der Waals surface area (Å²) in [5.41, 5.74) is 0.797. The van der Waals surface area contributed by atoms with Crippen LogP contribution in [0.25, 0.3) is 0 Å². The minimum Gasteiger partial charge on any atom is -0.462 e. The van der Waals surface area contributed by atoms with E-state index in [-0.39, 0.29) is 24.8 Å². The minimum atomic E-state index is -0.546. The van der Waals surface area contributed by atoms with E-state index in [1.807, 2.05) is 0 Å². The van der Waals surface area contributed by atoms with Gasteiger partial charge in [0, 0.05) is 6.42 Å². The number of anilines is 1. The van der Waals surface area contributed by atoms with Gasteiger partial charge in [0.2, 0.25) is 11.8 Å². The Balaban J connectivity index is 1.75. The van der Waals surface area contributed by atoms with Gasteiger partial charge < -0.3 is 4.74 Å². The number of esters is 1. The molecular weight excluding hydrogens is 332 g/mol. The maximum Gasteiger partial charge on any atom is 0.338 e. The summed E-state index contributed by atoms with van der Waals surface area (Å²) in [4.78, 5) is 41.4. The zero-order valence-corrected chi connectivity index (χ0v) is 13.6. The predicted octanol–water partition coefficient (Wildman–Crippen LogP) is 1.41. The van der Waals surface area contributed by atoms with Crippen molar-refractivity contribution >= 4 is 35.2 Å². The van der Waals surface area contributed by atoms with Crippen LogP contribution in [0.5, 0.6) is 0 Å². The second kappa shape index (κ2) is 6.83. The first-order chi connectivity index (χ1) is 11.6. The SMILES string of the molecule is CCOC(=O)c1ccc(N2C(=O)CC(Sc3ncn[nH]3)C2=O)cc1. The van der Waals surface area contributed by atoms with Crippen molar-refractivity contribution in [1.29, 1.82) is 0 Å². The lowest BCUT2D eigenvalue weighted by Crippen LogP contribution is -2.31. The molecular formula is C15H14N4O4S. The molecule has 1 aliphatic heterocycles. The maximum absolute atomic E-state index is 12.5. The van der Waals surface area contributed by atoms with Crippen LogP contribution in [0.4, 0.5) is 5.69 Å². The Morgan fingerprint density at radius 1 is 1.38 bits per heavy atom. The van der Waals surface area contributed by atoms with Crippen molar-refractivity contribution in [3.63, 3.8) is 0 Å². The van der Waals surface area contributed by atoms with Crippen LogP contribution < -0.4 is 4.90 Å². The first-order valence-electron chi connectivity index (χ1n) is 7.26. The van der Waals surface area contributed by atoms with Crippen molar-refractivity contribution in [3.05, 3.63) is 36.2 Å². The molecule has 1 aliphatic rings. The number of hydrogen-bond acceptors (Lipinski definition) is 7. The minimum absolute atomic E-state index is 0.0871. The summed E-state index contributed by atoms with van der Waals surface area (Å²) in [7, 11) is 0. The van der Waals surface area contributed by atoms with Crippen LogP contribution in [0.15, 0.2) is 35.7 Å². The highest BCUT2D eigenvalue weighted by molar-refractivity contribution is 8.00. The normalized spacial score (nSPS) is 17.4. The lowest BCUT2D eigenvalue weighted by atomic mass is 10.2. The van der Waals surface area contributed by atoms with Crippen molar-refractivity contribution in [2.24, 2.45) is 0 Å². The maximum atomic E-state index is 12.5. The number of nitrogens with zero attached hydrogens (tertiary/aromatic N) is 3. The number of amides is 2. The van der Waals surface area contributed by atoms with E-state index in [2.05, 4.69) is 15.2 Å². The number of imide groups is 1. The van der Waals surface area contributed by atoms with Crippen molar-refractivity contribution in [1.82, 2.24) is 15.2 Å². The number of ether oxygens (including phenoxy) is 1. The Hall–Kier alpha value is -2.68. The van der Waals surface area contributed by atoms with Crippen molar-refractivity contribution < 1.29 is 19.1 Å². The number of benzene rings is 1. The van der Waals surface area contributed by atoms with Gasteiger partial charge in [-0.25, -0.2) is 14.7 Å². The molecule has 1 N–H and O–H groups in total. The molecule has 2 amide bonds. The molecule has 0 saturated carbocycles. The molecule has 1 fully saturated rings. The second-order valence-corrected chi connectivity index (χ2v) is 6.13. The average molecular weight is 346 g/mol. The smallest absolute Gasteiger partial charge is 0.338 e. The Kier molecular flexibility index (Phi) is 4.61. The van der Waals surface area contributed by atoms with Gasteiger partial charge in [-0.3, -0.25) is 14.7 Å². The Morgan fingerprint density at radius 3 is 2.75 bits per heavy atom. The first kappa shape index (κ1) is 16.2. The fraction of sp³-hybridized carbons (Fsp3) is 0.267. The molecule has 1 aromatic carbocycles. The number of thioether (sulfide) groups is 1. The number of nitrogens with one attached hydrogen (secondary N) is 1. The molecule has 1 saturated heterocycles. The predicted molar refractivity (Wildman–Crippen MR) is 85.5 cm³/mol. The van der Waals surface area contributed by atoms with Crippen LogP contribution in [0.1, 0.15) is 23.7 Å². The number of carbonyl (C=O) groups is 3. The Morgan fingerprint density at radius 2 is 2.12 bits per heavy atom. The molecule has 8 nitrogen and oxygen atoms in total. The van der Waals surface area contributed by atoms with E-state index in [0.29, 0.717) is 16.4 Å². The highest BCUT2D eigenvalue weighted by Crippen LogP contribution is 2.32. The van der Waals surface area contributed by atoms with Gasteiger partial charge in [-0.15, -0.1) is 0 Å². The summed E-state index contributed by atoms with van der Waals surface area (Å²) >= 11 is 1.17. The molecule has 9 heteroatoms. The summed E-state index contributed by atoms with van der Waals surface area (Å²) < 4.78 is 4.91. The highest BCUT2D eigenvalue weighted by Gasteiger charge is 2.40. The van der Waals surface area contributed by atoms with E-state index in [1.54, 1.807) is 19.1 Å². The molecule has 1 aromatic heterocycles. The van der Waals surface area contributed by atoms with E-state index in [9.17, 15) is 14.4 Å². The number of rotatable bonds is 5.